The van der Waals surface area contributed by atoms with Crippen molar-refractivity contribution < 1.29 is 14.4 Å². The Morgan fingerprint density at radius 2 is 1.45 bits per heavy atom. The third kappa shape index (κ3) is 1.91. The van der Waals surface area contributed by atoms with Crippen molar-refractivity contribution in [3.8, 4) is 0 Å². The largest absolute Gasteiger partial charge is 0.292 e. The normalized spacial score (nSPS) is 14.1. The van der Waals surface area contributed by atoms with Crippen LogP contribution in [0.1, 0.15) is 31.1 Å². The monoisotopic (exact) mass is 265 g/mol. The number of ketones is 1. The standard InChI is InChI=1S/C16H11NO3/c18-14-10-17(15(19)11-6-2-1-3-7-11)16(20)13-9-5-4-8-12(13)14/h1-9H,10H2. The Labute approximate surface area is 115 Å². The van der Waals surface area contributed by atoms with E-state index in [9.17, 15) is 14.4 Å². The predicted octanol–water partition coefficient (Wildman–Crippen LogP) is 2.17. The topological polar surface area (TPSA) is 54.5 Å². The van der Waals surface area contributed by atoms with Crippen LogP contribution < -0.4 is 0 Å². The van der Waals surface area contributed by atoms with Crippen molar-refractivity contribution in [3.05, 3.63) is 71.3 Å². The van der Waals surface area contributed by atoms with Gasteiger partial charge in [0.05, 0.1) is 12.1 Å². The van der Waals surface area contributed by atoms with Gasteiger partial charge in [-0.2, -0.15) is 0 Å². The third-order valence-electron chi connectivity index (χ3n) is 3.27. The second-order valence-electron chi connectivity index (χ2n) is 4.53. The number of hydrogen-bond donors (Lipinski definition) is 0. The number of carbonyl (C=O) groups excluding carboxylic acids is 3. The summed E-state index contributed by atoms with van der Waals surface area (Å²) in [4.78, 5) is 37.7. The highest BCUT2D eigenvalue weighted by Crippen LogP contribution is 2.20. The second-order valence-corrected chi connectivity index (χ2v) is 4.53. The number of imide groups is 1. The molecular formula is C16H11NO3. The van der Waals surface area contributed by atoms with Gasteiger partial charge in [-0.1, -0.05) is 36.4 Å². The number of nitrogens with zero attached hydrogens (tertiary/aromatic N) is 1. The number of carbonyl (C=O) groups is 3. The van der Waals surface area contributed by atoms with E-state index in [1.165, 1.54) is 0 Å². The van der Waals surface area contributed by atoms with Gasteiger partial charge in [-0.3, -0.25) is 19.3 Å². The van der Waals surface area contributed by atoms with E-state index in [2.05, 4.69) is 0 Å². The second kappa shape index (κ2) is 4.74. The lowest BCUT2D eigenvalue weighted by molar-refractivity contribution is 0.0571. The van der Waals surface area contributed by atoms with E-state index in [4.69, 9.17) is 0 Å². The lowest BCUT2D eigenvalue weighted by atomic mass is 9.97. The highest BCUT2D eigenvalue weighted by Gasteiger charge is 2.33. The molecule has 0 saturated heterocycles. The Bertz CT molecular complexity index is 707. The molecule has 0 bridgehead atoms. The Morgan fingerprint density at radius 3 is 2.15 bits per heavy atom. The van der Waals surface area contributed by atoms with Gasteiger partial charge in [-0.15, -0.1) is 0 Å². The van der Waals surface area contributed by atoms with Crippen molar-refractivity contribution in [1.82, 2.24) is 4.90 Å². The fourth-order valence-electron chi connectivity index (χ4n) is 2.26. The first kappa shape index (κ1) is 12.3. The molecule has 4 heteroatoms. The molecule has 3 rings (SSSR count). The van der Waals surface area contributed by atoms with Crippen LogP contribution in [-0.2, 0) is 0 Å². The molecule has 0 N–H and O–H groups in total. The zero-order valence-electron chi connectivity index (χ0n) is 10.6. The Balaban J connectivity index is 2.00. The van der Waals surface area contributed by atoms with Crippen LogP contribution in [0.3, 0.4) is 0 Å². The van der Waals surface area contributed by atoms with Gasteiger partial charge in [0.1, 0.15) is 0 Å². The lowest BCUT2D eigenvalue weighted by Crippen LogP contribution is -2.44. The summed E-state index contributed by atoms with van der Waals surface area (Å²) in [6, 6.07) is 15.0. The van der Waals surface area contributed by atoms with Crippen molar-refractivity contribution in [2.75, 3.05) is 6.54 Å². The summed E-state index contributed by atoms with van der Waals surface area (Å²) in [5.41, 5.74) is 1.07. The minimum Gasteiger partial charge on any atom is -0.292 e. The smallest absolute Gasteiger partial charge is 0.261 e. The van der Waals surface area contributed by atoms with Crippen molar-refractivity contribution >= 4 is 17.6 Å². The Hall–Kier alpha value is -2.75. The molecule has 1 heterocycles. The predicted molar refractivity (Wildman–Crippen MR) is 72.6 cm³/mol. The average molecular weight is 265 g/mol. The fourth-order valence-corrected chi connectivity index (χ4v) is 2.26. The summed E-state index contributed by atoms with van der Waals surface area (Å²) in [6.45, 7) is -0.205. The molecule has 0 spiro atoms. The Morgan fingerprint density at radius 1 is 0.850 bits per heavy atom. The van der Waals surface area contributed by atoms with Crippen LogP contribution in [0.2, 0.25) is 0 Å². The molecule has 98 valence electrons. The Kier molecular flexibility index (Phi) is 2.91. The van der Waals surface area contributed by atoms with Gasteiger partial charge in [-0.25, -0.2) is 0 Å². The number of fused-ring (bicyclic) bond motifs is 1. The zero-order chi connectivity index (χ0) is 14.1. The van der Waals surface area contributed by atoms with Crippen molar-refractivity contribution in [3.63, 3.8) is 0 Å². The molecule has 1 aliphatic heterocycles. The first-order valence-corrected chi connectivity index (χ1v) is 6.22. The van der Waals surface area contributed by atoms with Crippen LogP contribution >= 0.6 is 0 Å². The average Bonchev–Trinajstić information content (AvgIpc) is 2.51. The molecule has 0 fully saturated rings. The third-order valence-corrected chi connectivity index (χ3v) is 3.27. The van der Waals surface area contributed by atoms with Crippen molar-refractivity contribution in [1.29, 1.82) is 0 Å². The highest BCUT2D eigenvalue weighted by atomic mass is 16.2. The SMILES string of the molecule is O=C1CN(C(=O)c2ccccc2)C(=O)c2ccccc21. The fraction of sp³-hybridized carbons (Fsp3) is 0.0625. The van der Waals surface area contributed by atoms with Crippen LogP contribution in [0.15, 0.2) is 54.6 Å². The maximum atomic E-state index is 12.3. The molecule has 20 heavy (non-hydrogen) atoms. The van der Waals surface area contributed by atoms with Crippen LogP contribution in [0, 0.1) is 0 Å². The molecule has 0 atom stereocenters. The molecule has 0 unspecified atom stereocenters. The molecule has 0 aromatic heterocycles. The lowest BCUT2D eigenvalue weighted by Gasteiger charge is -2.25. The van der Waals surface area contributed by atoms with Gasteiger partial charge in [-0.05, 0) is 18.2 Å². The number of benzene rings is 2. The van der Waals surface area contributed by atoms with E-state index in [0.717, 1.165) is 4.90 Å². The van der Waals surface area contributed by atoms with E-state index >= 15 is 0 Å². The molecule has 2 amide bonds. The van der Waals surface area contributed by atoms with Gasteiger partial charge in [0.2, 0.25) is 0 Å². The summed E-state index contributed by atoms with van der Waals surface area (Å²) in [5.74, 6) is -1.09. The van der Waals surface area contributed by atoms with E-state index in [1.54, 1.807) is 54.6 Å². The van der Waals surface area contributed by atoms with Gasteiger partial charge < -0.3 is 0 Å². The molecule has 1 aliphatic rings. The maximum Gasteiger partial charge on any atom is 0.261 e. The summed E-state index contributed by atoms with van der Waals surface area (Å²) in [7, 11) is 0. The van der Waals surface area contributed by atoms with Gasteiger partial charge in [0, 0.05) is 11.1 Å². The number of Topliss-reactive ketones (excluding diaryl/α,β-unsaturated/α-hetero) is 1. The molecule has 0 aliphatic carbocycles. The number of rotatable bonds is 1. The summed E-state index contributed by atoms with van der Waals surface area (Å²) >= 11 is 0. The highest BCUT2D eigenvalue weighted by molar-refractivity contribution is 6.20. The van der Waals surface area contributed by atoms with Crippen molar-refractivity contribution in [2.24, 2.45) is 0 Å². The van der Waals surface area contributed by atoms with Gasteiger partial charge in [0.25, 0.3) is 11.8 Å². The summed E-state index contributed by atoms with van der Waals surface area (Å²) < 4.78 is 0. The van der Waals surface area contributed by atoms with E-state index < -0.39 is 11.8 Å². The van der Waals surface area contributed by atoms with Gasteiger partial charge >= 0.3 is 0 Å². The van der Waals surface area contributed by atoms with Crippen LogP contribution in [0.25, 0.3) is 0 Å². The number of amides is 2. The summed E-state index contributed by atoms with van der Waals surface area (Å²) in [5, 5.41) is 0. The van der Waals surface area contributed by atoms with E-state index in [0.29, 0.717) is 11.1 Å². The van der Waals surface area contributed by atoms with Crippen LogP contribution in [0.4, 0.5) is 0 Å². The number of hydrogen-bond acceptors (Lipinski definition) is 3. The molecular weight excluding hydrogens is 254 g/mol. The first-order chi connectivity index (χ1) is 9.68. The molecule has 2 aromatic carbocycles. The van der Waals surface area contributed by atoms with Gasteiger partial charge in [0.15, 0.2) is 5.78 Å². The van der Waals surface area contributed by atoms with E-state index in [1.807, 2.05) is 0 Å². The van der Waals surface area contributed by atoms with Crippen molar-refractivity contribution in [2.45, 2.75) is 0 Å². The molecule has 0 radical (unpaired) electrons. The zero-order valence-corrected chi connectivity index (χ0v) is 10.6. The van der Waals surface area contributed by atoms with Crippen LogP contribution in [-0.4, -0.2) is 29.0 Å². The first-order valence-electron chi connectivity index (χ1n) is 6.22. The summed E-state index contributed by atoms with van der Waals surface area (Å²) in [6.07, 6.45) is 0. The molecule has 4 nitrogen and oxygen atoms in total. The molecule has 2 aromatic rings. The minimum absolute atomic E-state index is 0.205. The van der Waals surface area contributed by atoms with E-state index in [-0.39, 0.29) is 17.9 Å². The minimum atomic E-state index is -0.446. The molecule has 0 saturated carbocycles. The van der Waals surface area contributed by atoms with Crippen LogP contribution in [0.5, 0.6) is 0 Å². The maximum absolute atomic E-state index is 12.3. The quantitative estimate of drug-likeness (QED) is 0.742.